The van der Waals surface area contributed by atoms with E-state index in [-0.39, 0.29) is 18.0 Å². The molecule has 0 saturated carbocycles. The third kappa shape index (κ3) is 3.64. The van der Waals surface area contributed by atoms with Gasteiger partial charge in [-0.05, 0) is 30.3 Å². The molecule has 3 rings (SSSR count). The highest BCUT2D eigenvalue weighted by molar-refractivity contribution is 5.94. The zero-order chi connectivity index (χ0) is 18.5. The number of halogens is 1. The maximum atomic E-state index is 13.6. The van der Waals surface area contributed by atoms with Gasteiger partial charge in [-0.2, -0.15) is 4.98 Å². The molecule has 2 aromatic carbocycles. The molecular weight excluding hydrogens is 341 g/mol. The topological polar surface area (TPSA) is 86.5 Å². The van der Waals surface area contributed by atoms with E-state index >= 15 is 0 Å². The van der Waals surface area contributed by atoms with Crippen LogP contribution in [0.5, 0.6) is 11.5 Å². The van der Waals surface area contributed by atoms with Gasteiger partial charge in [-0.3, -0.25) is 4.79 Å². The van der Waals surface area contributed by atoms with E-state index in [0.29, 0.717) is 22.9 Å². The molecule has 0 aliphatic carbocycles. The minimum Gasteiger partial charge on any atom is -0.493 e. The standard InChI is InChI=1S/C18H16FN3O4/c1-24-14-8-7-11(9-15(14)25-2)17-21-16(26-22-17)10-20-18(23)12-5-3-4-6-13(12)19/h3-9H,10H2,1-2H3,(H,20,23). The van der Waals surface area contributed by atoms with Crippen LogP contribution in [-0.4, -0.2) is 30.3 Å². The number of benzene rings is 2. The largest absolute Gasteiger partial charge is 0.493 e. The number of hydrogen-bond donors (Lipinski definition) is 1. The Morgan fingerprint density at radius 1 is 1.15 bits per heavy atom. The molecule has 1 amide bonds. The maximum Gasteiger partial charge on any atom is 0.254 e. The first-order chi connectivity index (χ1) is 12.6. The maximum absolute atomic E-state index is 13.6. The van der Waals surface area contributed by atoms with Gasteiger partial charge >= 0.3 is 0 Å². The fourth-order valence-corrected chi connectivity index (χ4v) is 2.32. The lowest BCUT2D eigenvalue weighted by molar-refractivity contribution is 0.0942. The van der Waals surface area contributed by atoms with E-state index in [4.69, 9.17) is 14.0 Å². The van der Waals surface area contributed by atoms with Crippen LogP contribution in [0.3, 0.4) is 0 Å². The predicted octanol–water partition coefficient (Wildman–Crippen LogP) is 2.82. The van der Waals surface area contributed by atoms with E-state index in [1.807, 2.05) is 0 Å². The van der Waals surface area contributed by atoms with Gasteiger partial charge in [0.25, 0.3) is 5.91 Å². The number of methoxy groups -OCH3 is 2. The number of ether oxygens (including phenoxy) is 2. The van der Waals surface area contributed by atoms with Gasteiger partial charge in [-0.15, -0.1) is 0 Å². The minimum absolute atomic E-state index is 0.0204. The van der Waals surface area contributed by atoms with Crippen LogP contribution in [-0.2, 0) is 6.54 Å². The summed E-state index contributed by atoms with van der Waals surface area (Å²) in [5.74, 6) is 0.484. The second-order valence-corrected chi connectivity index (χ2v) is 5.24. The van der Waals surface area contributed by atoms with E-state index in [2.05, 4.69) is 15.5 Å². The third-order valence-corrected chi connectivity index (χ3v) is 3.63. The summed E-state index contributed by atoms with van der Waals surface area (Å²) in [4.78, 5) is 16.2. The SMILES string of the molecule is COc1ccc(-c2noc(CNC(=O)c3ccccc3F)n2)cc1OC. The van der Waals surface area contributed by atoms with Crippen molar-refractivity contribution >= 4 is 5.91 Å². The highest BCUT2D eigenvalue weighted by atomic mass is 19.1. The van der Waals surface area contributed by atoms with Crippen molar-refractivity contribution in [1.82, 2.24) is 15.5 Å². The molecule has 1 N–H and O–H groups in total. The van der Waals surface area contributed by atoms with E-state index in [1.165, 1.54) is 25.3 Å². The number of carbonyl (C=O) groups is 1. The molecular formula is C18H16FN3O4. The monoisotopic (exact) mass is 357 g/mol. The highest BCUT2D eigenvalue weighted by Gasteiger charge is 2.14. The predicted molar refractivity (Wildman–Crippen MR) is 90.4 cm³/mol. The van der Waals surface area contributed by atoms with Crippen LogP contribution in [0.2, 0.25) is 0 Å². The molecule has 0 spiro atoms. The summed E-state index contributed by atoms with van der Waals surface area (Å²) in [5.41, 5.74) is 0.616. The molecule has 1 aromatic heterocycles. The second-order valence-electron chi connectivity index (χ2n) is 5.24. The lowest BCUT2D eigenvalue weighted by Gasteiger charge is -2.07. The van der Waals surface area contributed by atoms with E-state index in [1.54, 1.807) is 31.4 Å². The molecule has 0 radical (unpaired) electrons. The van der Waals surface area contributed by atoms with Crippen LogP contribution < -0.4 is 14.8 Å². The van der Waals surface area contributed by atoms with E-state index in [9.17, 15) is 9.18 Å². The summed E-state index contributed by atoms with van der Waals surface area (Å²) in [6.07, 6.45) is 0. The van der Waals surface area contributed by atoms with Crippen molar-refractivity contribution in [2.75, 3.05) is 14.2 Å². The Morgan fingerprint density at radius 2 is 1.92 bits per heavy atom. The molecule has 0 aliphatic heterocycles. The summed E-state index contributed by atoms with van der Waals surface area (Å²) in [6.45, 7) is -0.0204. The number of rotatable bonds is 6. The van der Waals surface area contributed by atoms with Crippen molar-refractivity contribution in [3.8, 4) is 22.9 Å². The van der Waals surface area contributed by atoms with Crippen molar-refractivity contribution in [2.45, 2.75) is 6.54 Å². The first kappa shape index (κ1) is 17.4. The Labute approximate surface area is 148 Å². The second kappa shape index (κ2) is 7.64. The number of carbonyl (C=O) groups excluding carboxylic acids is 1. The van der Waals surface area contributed by atoms with Gasteiger partial charge < -0.3 is 19.3 Å². The Bertz CT molecular complexity index is 926. The van der Waals surface area contributed by atoms with Crippen LogP contribution in [0.4, 0.5) is 4.39 Å². The van der Waals surface area contributed by atoms with E-state index in [0.717, 1.165) is 0 Å². The lowest BCUT2D eigenvalue weighted by atomic mass is 10.2. The number of hydrogen-bond acceptors (Lipinski definition) is 6. The van der Waals surface area contributed by atoms with Gasteiger partial charge in [0.1, 0.15) is 5.82 Å². The smallest absolute Gasteiger partial charge is 0.254 e. The van der Waals surface area contributed by atoms with Crippen molar-refractivity contribution in [3.05, 3.63) is 59.7 Å². The molecule has 3 aromatic rings. The lowest BCUT2D eigenvalue weighted by Crippen LogP contribution is -2.23. The fraction of sp³-hybridized carbons (Fsp3) is 0.167. The van der Waals surface area contributed by atoms with Crippen molar-refractivity contribution in [2.24, 2.45) is 0 Å². The molecule has 26 heavy (non-hydrogen) atoms. The van der Waals surface area contributed by atoms with E-state index < -0.39 is 11.7 Å². The number of amides is 1. The molecule has 0 fully saturated rings. The van der Waals surface area contributed by atoms with Gasteiger partial charge in [0.15, 0.2) is 11.5 Å². The normalized spacial score (nSPS) is 10.4. The van der Waals surface area contributed by atoms with Crippen molar-refractivity contribution < 1.29 is 23.2 Å². The van der Waals surface area contributed by atoms with Crippen LogP contribution >= 0.6 is 0 Å². The number of nitrogens with one attached hydrogen (secondary N) is 1. The molecule has 0 bridgehead atoms. The van der Waals surface area contributed by atoms with Gasteiger partial charge in [0.05, 0.1) is 26.3 Å². The van der Waals surface area contributed by atoms with Gasteiger partial charge in [0.2, 0.25) is 11.7 Å². The third-order valence-electron chi connectivity index (χ3n) is 3.63. The van der Waals surface area contributed by atoms with Gasteiger partial charge in [-0.25, -0.2) is 4.39 Å². The Hall–Kier alpha value is -3.42. The van der Waals surface area contributed by atoms with Crippen LogP contribution in [0.15, 0.2) is 47.0 Å². The summed E-state index contributed by atoms with van der Waals surface area (Å²) in [5, 5.41) is 6.42. The van der Waals surface area contributed by atoms with Crippen LogP contribution in [0.1, 0.15) is 16.2 Å². The van der Waals surface area contributed by atoms with Crippen LogP contribution in [0, 0.1) is 5.82 Å². The molecule has 0 unspecified atom stereocenters. The average Bonchev–Trinajstić information content (AvgIpc) is 3.15. The fourth-order valence-electron chi connectivity index (χ4n) is 2.32. The first-order valence-corrected chi connectivity index (χ1v) is 7.70. The first-order valence-electron chi connectivity index (χ1n) is 7.70. The zero-order valence-corrected chi connectivity index (χ0v) is 14.2. The van der Waals surface area contributed by atoms with Crippen molar-refractivity contribution in [3.63, 3.8) is 0 Å². The summed E-state index contributed by atoms with van der Waals surface area (Å²) < 4.78 is 29.1. The molecule has 8 heteroatoms. The Balaban J connectivity index is 1.70. The molecule has 0 aliphatic rings. The molecule has 1 heterocycles. The zero-order valence-electron chi connectivity index (χ0n) is 14.2. The molecule has 0 atom stereocenters. The number of nitrogens with zero attached hydrogens (tertiary/aromatic N) is 2. The van der Waals surface area contributed by atoms with Gasteiger partial charge in [-0.1, -0.05) is 17.3 Å². The molecule has 134 valence electrons. The summed E-state index contributed by atoms with van der Waals surface area (Å²) in [6, 6.07) is 10.9. The summed E-state index contributed by atoms with van der Waals surface area (Å²) in [7, 11) is 3.07. The molecule has 0 saturated heterocycles. The Morgan fingerprint density at radius 3 is 2.65 bits per heavy atom. The minimum atomic E-state index is -0.596. The highest BCUT2D eigenvalue weighted by Crippen LogP contribution is 2.31. The average molecular weight is 357 g/mol. The molecule has 7 nitrogen and oxygen atoms in total. The van der Waals surface area contributed by atoms with Crippen LogP contribution in [0.25, 0.3) is 11.4 Å². The van der Waals surface area contributed by atoms with Crippen molar-refractivity contribution in [1.29, 1.82) is 0 Å². The summed E-state index contributed by atoms with van der Waals surface area (Å²) >= 11 is 0. The quantitative estimate of drug-likeness (QED) is 0.730. The van der Waals surface area contributed by atoms with Gasteiger partial charge in [0, 0.05) is 5.56 Å². The number of aromatic nitrogens is 2. The Kier molecular flexibility index (Phi) is 5.12.